The van der Waals surface area contributed by atoms with E-state index in [2.05, 4.69) is 0 Å². The van der Waals surface area contributed by atoms with Crippen molar-refractivity contribution in [3.05, 3.63) is 28.8 Å². The van der Waals surface area contributed by atoms with E-state index in [0.717, 1.165) is 0 Å². The molecule has 0 saturated carbocycles. The largest absolute Gasteiger partial charge is 0.497 e. The Kier molecular flexibility index (Phi) is 4.12. The predicted octanol–water partition coefficient (Wildman–Crippen LogP) is 2.34. The number of Topliss-reactive ketones (excluding diaryl/α,β-unsaturated/α-hetero) is 2. The molecule has 0 aliphatic carbocycles. The molecule has 3 nitrogen and oxygen atoms in total. The molecular weight excluding hydrogens is 239 g/mol. The molecule has 0 saturated heterocycles. The second kappa shape index (κ2) is 5.14. The molecule has 80 valence electrons. The molecule has 0 bridgehead atoms. The lowest BCUT2D eigenvalue weighted by molar-refractivity contribution is -0.112. The van der Waals surface area contributed by atoms with Crippen LogP contribution in [0.15, 0.2) is 18.2 Å². The highest BCUT2D eigenvalue weighted by Gasteiger charge is 2.18. The second-order valence-electron chi connectivity index (χ2n) is 2.73. The lowest BCUT2D eigenvalue weighted by Crippen LogP contribution is -2.15. The van der Waals surface area contributed by atoms with E-state index in [-0.39, 0.29) is 16.5 Å². The molecule has 0 radical (unpaired) electrons. The average molecular weight is 247 g/mol. The standard InChI is InChI=1S/C10H8Cl2O3/c1-15-6-2-3-7(8(12)4-6)10(14)9(13)5-11/h2-4H,5H2,1H3. The van der Waals surface area contributed by atoms with E-state index in [1.807, 2.05) is 0 Å². The molecule has 0 heterocycles. The van der Waals surface area contributed by atoms with E-state index in [1.165, 1.54) is 19.2 Å². The molecule has 1 rings (SSSR count). The Morgan fingerprint density at radius 2 is 2.07 bits per heavy atom. The Morgan fingerprint density at radius 3 is 2.53 bits per heavy atom. The first-order valence-corrected chi connectivity index (χ1v) is 4.98. The number of carbonyl (C=O) groups is 2. The molecule has 1 aromatic rings. The van der Waals surface area contributed by atoms with E-state index in [4.69, 9.17) is 27.9 Å². The fraction of sp³-hybridized carbons (Fsp3) is 0.200. The number of halogens is 2. The quantitative estimate of drug-likeness (QED) is 0.466. The molecule has 0 unspecified atom stereocenters. The molecule has 0 spiro atoms. The van der Waals surface area contributed by atoms with Gasteiger partial charge in [-0.25, -0.2) is 0 Å². The zero-order valence-corrected chi connectivity index (χ0v) is 9.43. The van der Waals surface area contributed by atoms with Gasteiger partial charge in [-0.2, -0.15) is 0 Å². The van der Waals surface area contributed by atoms with E-state index in [1.54, 1.807) is 6.07 Å². The monoisotopic (exact) mass is 246 g/mol. The highest BCUT2D eigenvalue weighted by atomic mass is 35.5. The third kappa shape index (κ3) is 2.70. The van der Waals surface area contributed by atoms with Gasteiger partial charge in [0.1, 0.15) is 5.75 Å². The van der Waals surface area contributed by atoms with E-state index < -0.39 is 11.6 Å². The third-order valence-electron chi connectivity index (χ3n) is 1.80. The third-order valence-corrected chi connectivity index (χ3v) is 2.35. The van der Waals surface area contributed by atoms with Crippen LogP contribution in [0.2, 0.25) is 5.02 Å². The molecule has 0 atom stereocenters. The van der Waals surface area contributed by atoms with Crippen molar-refractivity contribution in [3.8, 4) is 5.75 Å². The summed E-state index contributed by atoms with van der Waals surface area (Å²) in [4.78, 5) is 22.5. The zero-order chi connectivity index (χ0) is 11.4. The summed E-state index contributed by atoms with van der Waals surface area (Å²) < 4.78 is 4.91. The molecule has 1 aromatic carbocycles. The van der Waals surface area contributed by atoms with Crippen LogP contribution < -0.4 is 4.74 Å². The SMILES string of the molecule is COc1ccc(C(=O)C(=O)CCl)c(Cl)c1. The number of hydrogen-bond donors (Lipinski definition) is 0. The Morgan fingerprint density at radius 1 is 1.40 bits per heavy atom. The molecule has 0 aromatic heterocycles. The van der Waals surface area contributed by atoms with E-state index in [0.29, 0.717) is 5.75 Å². The molecule has 5 heteroatoms. The molecule has 0 N–H and O–H groups in total. The van der Waals surface area contributed by atoms with Crippen molar-refractivity contribution in [1.29, 1.82) is 0 Å². The summed E-state index contributed by atoms with van der Waals surface area (Å²) in [5.41, 5.74) is 0.142. The molecule has 0 amide bonds. The van der Waals surface area contributed by atoms with Crippen molar-refractivity contribution in [2.24, 2.45) is 0 Å². The van der Waals surface area contributed by atoms with E-state index in [9.17, 15) is 9.59 Å². The number of ether oxygens (including phenoxy) is 1. The van der Waals surface area contributed by atoms with Gasteiger partial charge in [0.2, 0.25) is 11.6 Å². The van der Waals surface area contributed by atoms with Crippen LogP contribution in [0.3, 0.4) is 0 Å². The van der Waals surface area contributed by atoms with Crippen LogP contribution in [0.5, 0.6) is 5.75 Å². The molecule has 0 fully saturated rings. The number of carbonyl (C=O) groups excluding carboxylic acids is 2. The van der Waals surface area contributed by atoms with Gasteiger partial charge in [-0.15, -0.1) is 11.6 Å². The summed E-state index contributed by atoms with van der Waals surface area (Å²) in [7, 11) is 1.48. The maximum absolute atomic E-state index is 11.4. The average Bonchev–Trinajstić information content (AvgIpc) is 2.26. The molecular formula is C10H8Cl2O3. The van der Waals surface area contributed by atoms with Crippen LogP contribution in [0, 0.1) is 0 Å². The maximum Gasteiger partial charge on any atom is 0.231 e. The summed E-state index contributed by atoms with van der Waals surface area (Å²) in [6.07, 6.45) is 0. The van der Waals surface area contributed by atoms with Crippen molar-refractivity contribution >= 4 is 34.8 Å². The Hall–Kier alpha value is -1.06. The number of methoxy groups -OCH3 is 1. The smallest absolute Gasteiger partial charge is 0.231 e. The first-order valence-electron chi connectivity index (χ1n) is 4.07. The summed E-state index contributed by atoms with van der Waals surface area (Å²) in [6, 6.07) is 4.46. The van der Waals surface area contributed by atoms with Crippen LogP contribution in [-0.4, -0.2) is 24.6 Å². The van der Waals surface area contributed by atoms with Crippen LogP contribution in [0.1, 0.15) is 10.4 Å². The fourth-order valence-electron chi connectivity index (χ4n) is 1.02. The molecule has 15 heavy (non-hydrogen) atoms. The van der Waals surface area contributed by atoms with Crippen molar-refractivity contribution in [2.75, 3.05) is 13.0 Å². The lowest BCUT2D eigenvalue weighted by atomic mass is 10.1. The number of alkyl halides is 1. The van der Waals surface area contributed by atoms with Crippen molar-refractivity contribution in [2.45, 2.75) is 0 Å². The second-order valence-corrected chi connectivity index (χ2v) is 3.41. The lowest BCUT2D eigenvalue weighted by Gasteiger charge is -2.04. The summed E-state index contributed by atoms with van der Waals surface area (Å²) >= 11 is 11.1. The van der Waals surface area contributed by atoms with Gasteiger partial charge in [0.15, 0.2) is 0 Å². The van der Waals surface area contributed by atoms with Crippen LogP contribution in [0.4, 0.5) is 0 Å². The number of benzene rings is 1. The maximum atomic E-state index is 11.4. The minimum Gasteiger partial charge on any atom is -0.497 e. The van der Waals surface area contributed by atoms with Crippen molar-refractivity contribution in [1.82, 2.24) is 0 Å². The minimum atomic E-state index is -0.683. The summed E-state index contributed by atoms with van der Waals surface area (Å²) in [6.45, 7) is 0. The first kappa shape index (κ1) is 12.0. The fourth-order valence-corrected chi connectivity index (χ4v) is 1.40. The van der Waals surface area contributed by atoms with Gasteiger partial charge in [-0.1, -0.05) is 11.6 Å². The van der Waals surface area contributed by atoms with Crippen molar-refractivity contribution in [3.63, 3.8) is 0 Å². The highest BCUT2D eigenvalue weighted by Crippen LogP contribution is 2.22. The van der Waals surface area contributed by atoms with Crippen LogP contribution >= 0.6 is 23.2 Å². The van der Waals surface area contributed by atoms with Gasteiger partial charge in [-0.05, 0) is 18.2 Å². The minimum absolute atomic E-state index is 0.142. The topological polar surface area (TPSA) is 43.4 Å². The number of hydrogen-bond acceptors (Lipinski definition) is 3. The van der Waals surface area contributed by atoms with Gasteiger partial charge in [-0.3, -0.25) is 9.59 Å². The molecule has 0 aliphatic rings. The Labute approximate surface area is 96.9 Å². The number of rotatable bonds is 4. The summed E-state index contributed by atoms with van der Waals surface area (Å²) in [5.74, 6) is -1.18. The van der Waals surface area contributed by atoms with Gasteiger partial charge < -0.3 is 4.74 Å². The van der Waals surface area contributed by atoms with Gasteiger partial charge in [0.25, 0.3) is 0 Å². The summed E-state index contributed by atoms with van der Waals surface area (Å²) in [5, 5.41) is 0.179. The zero-order valence-electron chi connectivity index (χ0n) is 7.92. The van der Waals surface area contributed by atoms with Crippen LogP contribution in [0.25, 0.3) is 0 Å². The Bertz CT molecular complexity index is 402. The van der Waals surface area contributed by atoms with Gasteiger partial charge >= 0.3 is 0 Å². The predicted molar refractivity (Wildman–Crippen MR) is 58.1 cm³/mol. The Balaban J connectivity index is 3.06. The van der Waals surface area contributed by atoms with Crippen molar-refractivity contribution < 1.29 is 14.3 Å². The molecule has 0 aliphatic heterocycles. The highest BCUT2D eigenvalue weighted by molar-refractivity contribution is 6.53. The number of ketones is 2. The van der Waals surface area contributed by atoms with Gasteiger partial charge in [0, 0.05) is 5.56 Å². The van der Waals surface area contributed by atoms with Gasteiger partial charge in [0.05, 0.1) is 18.0 Å². The van der Waals surface area contributed by atoms with E-state index >= 15 is 0 Å². The normalized spacial score (nSPS) is 9.80. The first-order chi connectivity index (χ1) is 7.10. The van der Waals surface area contributed by atoms with Crippen LogP contribution in [-0.2, 0) is 4.79 Å².